The van der Waals surface area contributed by atoms with Crippen LogP contribution in [0.25, 0.3) is 0 Å². The smallest absolute Gasteiger partial charge is 0.267 e. The van der Waals surface area contributed by atoms with Crippen molar-refractivity contribution in [2.45, 2.75) is 38.3 Å². The quantitative estimate of drug-likeness (QED) is 0.863. The molecule has 1 atom stereocenters. The summed E-state index contributed by atoms with van der Waals surface area (Å²) in [5.41, 5.74) is -0.0276. The van der Waals surface area contributed by atoms with Gasteiger partial charge in [0, 0.05) is 31.5 Å². The molecule has 1 aromatic rings. The number of amides is 1. The Morgan fingerprint density at radius 1 is 1.45 bits per heavy atom. The lowest BCUT2D eigenvalue weighted by molar-refractivity contribution is -0.127. The van der Waals surface area contributed by atoms with Gasteiger partial charge in [-0.2, -0.15) is 5.10 Å². The molecule has 20 heavy (non-hydrogen) atoms. The fourth-order valence-corrected chi connectivity index (χ4v) is 3.18. The predicted molar refractivity (Wildman–Crippen MR) is 72.1 cm³/mol. The average Bonchev–Trinajstić information content (AvgIpc) is 2.47. The molecule has 1 aliphatic heterocycles. The summed E-state index contributed by atoms with van der Waals surface area (Å²) in [5, 5.41) is 6.96. The number of hydrogen-bond donors (Lipinski definition) is 1. The first-order valence-corrected chi connectivity index (χ1v) is 7.09. The van der Waals surface area contributed by atoms with Crippen molar-refractivity contribution in [2.75, 3.05) is 13.2 Å². The lowest BCUT2D eigenvalue weighted by Gasteiger charge is -2.52. The Labute approximate surface area is 117 Å². The minimum absolute atomic E-state index is 0.0112. The van der Waals surface area contributed by atoms with Crippen molar-refractivity contribution < 1.29 is 9.53 Å². The number of nitrogens with zero attached hydrogens (tertiary/aromatic N) is 2. The summed E-state index contributed by atoms with van der Waals surface area (Å²) < 4.78 is 6.58. The molecular weight excluding hydrogens is 258 g/mol. The van der Waals surface area contributed by atoms with E-state index in [0.29, 0.717) is 0 Å². The molecule has 1 amide bonds. The van der Waals surface area contributed by atoms with Gasteiger partial charge in [-0.1, -0.05) is 0 Å². The summed E-state index contributed by atoms with van der Waals surface area (Å²) in [6, 6.07) is 3.20. The second kappa shape index (κ2) is 5.36. The number of aromatic nitrogens is 2. The lowest BCUT2D eigenvalue weighted by atomic mass is 9.60. The zero-order chi connectivity index (χ0) is 14.0. The second-order valence-corrected chi connectivity index (χ2v) is 5.65. The van der Waals surface area contributed by atoms with Crippen molar-refractivity contribution in [3.05, 3.63) is 28.7 Å². The van der Waals surface area contributed by atoms with E-state index in [0.717, 1.165) is 38.9 Å². The molecule has 2 fully saturated rings. The van der Waals surface area contributed by atoms with Crippen LogP contribution in [0.2, 0.25) is 0 Å². The summed E-state index contributed by atoms with van der Waals surface area (Å²) in [4.78, 5) is 23.6. The Hall–Kier alpha value is -1.69. The Balaban J connectivity index is 1.59. The first-order valence-electron chi connectivity index (χ1n) is 7.09. The Kier molecular flexibility index (Phi) is 3.56. The molecule has 108 valence electrons. The van der Waals surface area contributed by atoms with Gasteiger partial charge in [-0.15, -0.1) is 0 Å². The van der Waals surface area contributed by atoms with E-state index < -0.39 is 0 Å². The van der Waals surface area contributed by atoms with E-state index in [2.05, 4.69) is 10.4 Å². The second-order valence-electron chi connectivity index (χ2n) is 5.65. The number of nitrogens with one attached hydrogen (secondary N) is 1. The van der Waals surface area contributed by atoms with Crippen LogP contribution < -0.4 is 10.9 Å². The number of hydrogen-bond acceptors (Lipinski definition) is 4. The molecule has 1 saturated heterocycles. The van der Waals surface area contributed by atoms with Crippen LogP contribution in [0.15, 0.2) is 23.1 Å². The largest absolute Gasteiger partial charge is 0.381 e. The van der Waals surface area contributed by atoms with Crippen LogP contribution in [0.4, 0.5) is 0 Å². The molecule has 0 aromatic carbocycles. The van der Waals surface area contributed by atoms with Crippen LogP contribution in [0, 0.1) is 5.41 Å². The van der Waals surface area contributed by atoms with Crippen molar-refractivity contribution in [3.8, 4) is 0 Å². The molecule has 2 heterocycles. The summed E-state index contributed by atoms with van der Waals surface area (Å²) in [6.45, 7) is 1.56. The average molecular weight is 277 g/mol. The summed E-state index contributed by atoms with van der Waals surface area (Å²) >= 11 is 0. The molecule has 1 saturated carbocycles. The normalized spacial score (nSPS) is 24.1. The molecule has 1 unspecified atom stereocenters. The number of carbonyl (C=O) groups excluding carboxylic acids is 1. The van der Waals surface area contributed by atoms with Gasteiger partial charge in [0.15, 0.2) is 0 Å². The monoisotopic (exact) mass is 277 g/mol. The summed E-state index contributed by atoms with van der Waals surface area (Å²) in [7, 11) is 0. The van der Waals surface area contributed by atoms with E-state index in [1.807, 2.05) is 0 Å². The molecule has 1 N–H and O–H groups in total. The SMILES string of the molecule is O=C(Cn1ncccc1=O)NC1CCC12CCOCC2. The summed E-state index contributed by atoms with van der Waals surface area (Å²) in [5.74, 6) is -0.138. The summed E-state index contributed by atoms with van der Waals surface area (Å²) in [6.07, 6.45) is 5.72. The van der Waals surface area contributed by atoms with Crippen LogP contribution in [-0.2, 0) is 16.1 Å². The van der Waals surface area contributed by atoms with E-state index in [1.54, 1.807) is 6.07 Å². The van der Waals surface area contributed by atoms with Gasteiger partial charge in [-0.3, -0.25) is 9.59 Å². The Morgan fingerprint density at radius 2 is 2.25 bits per heavy atom. The standard InChI is InChI=1S/C14H19N3O3/c18-12(10-17-13(19)2-1-7-15-17)16-11-3-4-14(11)5-8-20-9-6-14/h1-2,7,11H,3-6,8-10H2,(H,16,18). The van der Waals surface area contributed by atoms with Gasteiger partial charge in [0.2, 0.25) is 5.91 Å². The van der Waals surface area contributed by atoms with Crippen LogP contribution >= 0.6 is 0 Å². The number of rotatable bonds is 3. The molecule has 0 radical (unpaired) electrons. The van der Waals surface area contributed by atoms with Gasteiger partial charge >= 0.3 is 0 Å². The number of carbonyl (C=O) groups is 1. The molecule has 1 spiro atoms. The third-order valence-corrected chi connectivity index (χ3v) is 4.57. The molecule has 3 rings (SSSR count). The van der Waals surface area contributed by atoms with E-state index in [1.165, 1.54) is 16.9 Å². The minimum Gasteiger partial charge on any atom is -0.381 e. The van der Waals surface area contributed by atoms with Crippen LogP contribution in [0.1, 0.15) is 25.7 Å². The zero-order valence-corrected chi connectivity index (χ0v) is 11.4. The maximum absolute atomic E-state index is 12.1. The highest BCUT2D eigenvalue weighted by atomic mass is 16.5. The van der Waals surface area contributed by atoms with Crippen LogP contribution in [0.3, 0.4) is 0 Å². The highest BCUT2D eigenvalue weighted by molar-refractivity contribution is 5.76. The molecule has 2 aliphatic rings. The Bertz CT molecular complexity index is 549. The first kappa shape index (κ1) is 13.3. The molecule has 0 bridgehead atoms. The maximum atomic E-state index is 12.1. The first-order chi connectivity index (χ1) is 9.70. The Morgan fingerprint density at radius 3 is 2.90 bits per heavy atom. The highest BCUT2D eigenvalue weighted by Crippen LogP contribution is 2.48. The van der Waals surface area contributed by atoms with Gasteiger partial charge in [0.25, 0.3) is 5.56 Å². The van der Waals surface area contributed by atoms with Crippen molar-refractivity contribution in [1.29, 1.82) is 0 Å². The van der Waals surface area contributed by atoms with Crippen molar-refractivity contribution in [2.24, 2.45) is 5.41 Å². The van der Waals surface area contributed by atoms with Crippen molar-refractivity contribution >= 4 is 5.91 Å². The van der Waals surface area contributed by atoms with E-state index in [-0.39, 0.29) is 29.5 Å². The lowest BCUT2D eigenvalue weighted by Crippen LogP contribution is -2.57. The molecular formula is C14H19N3O3. The van der Waals surface area contributed by atoms with E-state index >= 15 is 0 Å². The van der Waals surface area contributed by atoms with Gasteiger partial charge in [0.1, 0.15) is 6.54 Å². The molecule has 1 aromatic heterocycles. The maximum Gasteiger partial charge on any atom is 0.267 e. The van der Waals surface area contributed by atoms with Crippen LogP contribution in [0.5, 0.6) is 0 Å². The number of ether oxygens (including phenoxy) is 1. The highest BCUT2D eigenvalue weighted by Gasteiger charge is 2.47. The predicted octanol–water partition coefficient (Wildman–Crippen LogP) is 0.319. The van der Waals surface area contributed by atoms with E-state index in [9.17, 15) is 9.59 Å². The van der Waals surface area contributed by atoms with Gasteiger partial charge in [-0.05, 0) is 37.2 Å². The molecule has 1 aliphatic carbocycles. The fraction of sp³-hybridized carbons (Fsp3) is 0.643. The fourth-order valence-electron chi connectivity index (χ4n) is 3.18. The molecule has 6 heteroatoms. The van der Waals surface area contributed by atoms with Crippen LogP contribution in [-0.4, -0.2) is 34.9 Å². The van der Waals surface area contributed by atoms with Gasteiger partial charge in [0.05, 0.1) is 0 Å². The minimum atomic E-state index is -0.253. The van der Waals surface area contributed by atoms with Gasteiger partial charge < -0.3 is 10.1 Å². The van der Waals surface area contributed by atoms with E-state index in [4.69, 9.17) is 4.74 Å². The molecule has 6 nitrogen and oxygen atoms in total. The topological polar surface area (TPSA) is 73.2 Å². The van der Waals surface area contributed by atoms with Crippen molar-refractivity contribution in [3.63, 3.8) is 0 Å². The van der Waals surface area contributed by atoms with Crippen molar-refractivity contribution in [1.82, 2.24) is 15.1 Å². The third kappa shape index (κ3) is 2.47. The van der Waals surface area contributed by atoms with Gasteiger partial charge in [-0.25, -0.2) is 4.68 Å². The third-order valence-electron chi connectivity index (χ3n) is 4.57. The zero-order valence-electron chi connectivity index (χ0n) is 11.4.